The fraction of sp³-hybridized carbons (Fsp3) is 0.333. The van der Waals surface area contributed by atoms with E-state index < -0.39 is 27.2 Å². The van der Waals surface area contributed by atoms with E-state index in [0.29, 0.717) is 5.71 Å². The van der Waals surface area contributed by atoms with E-state index in [2.05, 4.69) is 10.3 Å². The van der Waals surface area contributed by atoms with Crippen LogP contribution in [0.2, 0.25) is 0 Å². The van der Waals surface area contributed by atoms with Crippen molar-refractivity contribution in [1.82, 2.24) is 5.32 Å². The number of primary amides is 1. The van der Waals surface area contributed by atoms with Gasteiger partial charge in [-0.1, -0.05) is 18.2 Å². The van der Waals surface area contributed by atoms with Gasteiger partial charge in [0, 0.05) is 5.71 Å². The Morgan fingerprint density at radius 2 is 2.00 bits per heavy atom. The molecule has 2 unspecified atom stereocenters. The molecule has 2 amide bonds. The van der Waals surface area contributed by atoms with Crippen LogP contribution >= 0.6 is 0 Å². The van der Waals surface area contributed by atoms with Crippen molar-refractivity contribution in [2.75, 3.05) is 6.54 Å². The van der Waals surface area contributed by atoms with Crippen LogP contribution in [0.25, 0.3) is 0 Å². The number of amides is 2. The number of hydrogen-bond donors (Lipinski definition) is 2. The van der Waals surface area contributed by atoms with E-state index in [1.54, 1.807) is 25.1 Å². The SMILES string of the molecule is CC1=NCC(NC(N)=O)C1S(=O)(=O)c1ccccc1. The molecule has 0 aromatic heterocycles. The highest BCUT2D eigenvalue weighted by molar-refractivity contribution is 7.93. The third kappa shape index (κ3) is 2.60. The summed E-state index contributed by atoms with van der Waals surface area (Å²) in [5.41, 5.74) is 5.55. The molecule has 0 saturated heterocycles. The summed E-state index contributed by atoms with van der Waals surface area (Å²) in [6.45, 7) is 1.87. The molecule has 1 heterocycles. The summed E-state index contributed by atoms with van der Waals surface area (Å²) in [5, 5.41) is 1.58. The van der Waals surface area contributed by atoms with Gasteiger partial charge in [-0.3, -0.25) is 4.99 Å². The molecular weight excluding hydrogens is 266 g/mol. The largest absolute Gasteiger partial charge is 0.352 e. The molecule has 0 fully saturated rings. The summed E-state index contributed by atoms with van der Waals surface area (Å²) >= 11 is 0. The van der Waals surface area contributed by atoms with E-state index >= 15 is 0 Å². The number of nitrogens with zero attached hydrogens (tertiary/aromatic N) is 1. The van der Waals surface area contributed by atoms with Crippen molar-refractivity contribution in [3.63, 3.8) is 0 Å². The number of rotatable bonds is 3. The van der Waals surface area contributed by atoms with Gasteiger partial charge < -0.3 is 11.1 Å². The molecule has 19 heavy (non-hydrogen) atoms. The molecule has 1 aromatic rings. The van der Waals surface area contributed by atoms with Gasteiger partial charge in [-0.05, 0) is 19.1 Å². The molecule has 1 aliphatic rings. The van der Waals surface area contributed by atoms with E-state index in [4.69, 9.17) is 5.73 Å². The fourth-order valence-electron chi connectivity index (χ4n) is 2.22. The summed E-state index contributed by atoms with van der Waals surface area (Å²) in [6, 6.07) is 6.76. The standard InChI is InChI=1S/C12H15N3O3S/c1-8-11(10(7-14-8)15-12(13)16)19(17,18)9-5-3-2-4-6-9/h2-6,10-11H,7H2,1H3,(H3,13,15,16). The maximum atomic E-state index is 12.6. The minimum absolute atomic E-state index is 0.215. The predicted molar refractivity (Wildman–Crippen MR) is 71.9 cm³/mol. The number of sulfone groups is 1. The van der Waals surface area contributed by atoms with Crippen molar-refractivity contribution in [2.45, 2.75) is 23.1 Å². The van der Waals surface area contributed by atoms with Crippen LogP contribution in [0.3, 0.4) is 0 Å². The average molecular weight is 281 g/mol. The van der Waals surface area contributed by atoms with Crippen LogP contribution < -0.4 is 11.1 Å². The lowest BCUT2D eigenvalue weighted by molar-refractivity contribution is 0.246. The molecule has 1 aromatic carbocycles. The second-order valence-corrected chi connectivity index (χ2v) is 6.45. The smallest absolute Gasteiger partial charge is 0.312 e. The van der Waals surface area contributed by atoms with Crippen LogP contribution in [0.5, 0.6) is 0 Å². The van der Waals surface area contributed by atoms with Crippen LogP contribution in [0, 0.1) is 0 Å². The monoisotopic (exact) mass is 281 g/mol. The molecule has 102 valence electrons. The Bertz CT molecular complexity index is 610. The van der Waals surface area contributed by atoms with Crippen molar-refractivity contribution < 1.29 is 13.2 Å². The van der Waals surface area contributed by atoms with Crippen molar-refractivity contribution in [3.8, 4) is 0 Å². The van der Waals surface area contributed by atoms with Crippen LogP contribution in [-0.4, -0.2) is 38.0 Å². The summed E-state index contributed by atoms with van der Waals surface area (Å²) in [7, 11) is -3.58. The zero-order chi connectivity index (χ0) is 14.0. The predicted octanol–water partition coefficient (Wildman–Crippen LogP) is 0.340. The average Bonchev–Trinajstić information content (AvgIpc) is 2.71. The van der Waals surface area contributed by atoms with E-state index in [9.17, 15) is 13.2 Å². The zero-order valence-electron chi connectivity index (χ0n) is 10.4. The first-order chi connectivity index (χ1) is 8.93. The highest BCUT2D eigenvalue weighted by Gasteiger charge is 2.40. The van der Waals surface area contributed by atoms with Crippen LogP contribution in [0.1, 0.15) is 6.92 Å². The van der Waals surface area contributed by atoms with Gasteiger partial charge in [-0.2, -0.15) is 0 Å². The molecule has 3 N–H and O–H groups in total. The Morgan fingerprint density at radius 1 is 1.37 bits per heavy atom. The highest BCUT2D eigenvalue weighted by atomic mass is 32.2. The minimum Gasteiger partial charge on any atom is -0.352 e. The third-order valence-corrected chi connectivity index (χ3v) is 5.32. The normalized spacial score (nSPS) is 22.9. The molecule has 1 aliphatic heterocycles. The first-order valence-electron chi connectivity index (χ1n) is 5.79. The molecule has 2 rings (SSSR count). The van der Waals surface area contributed by atoms with Crippen molar-refractivity contribution in [2.24, 2.45) is 10.7 Å². The second kappa shape index (κ2) is 5.00. The lowest BCUT2D eigenvalue weighted by Gasteiger charge is -2.20. The van der Waals surface area contributed by atoms with E-state index in [0.717, 1.165) is 0 Å². The van der Waals surface area contributed by atoms with Crippen molar-refractivity contribution >= 4 is 21.6 Å². The lowest BCUT2D eigenvalue weighted by Crippen LogP contribution is -2.49. The van der Waals surface area contributed by atoms with E-state index in [1.807, 2.05) is 0 Å². The third-order valence-electron chi connectivity index (χ3n) is 3.05. The highest BCUT2D eigenvalue weighted by Crippen LogP contribution is 2.23. The fourth-order valence-corrected chi connectivity index (χ4v) is 4.16. The first kappa shape index (κ1) is 13.5. The second-order valence-electron chi connectivity index (χ2n) is 4.38. The maximum absolute atomic E-state index is 12.6. The van der Waals surface area contributed by atoms with Gasteiger partial charge in [-0.15, -0.1) is 0 Å². The number of aliphatic imine (C=N–C) groups is 1. The quantitative estimate of drug-likeness (QED) is 0.835. The number of carbonyl (C=O) groups is 1. The molecule has 2 atom stereocenters. The number of benzene rings is 1. The van der Waals surface area contributed by atoms with Gasteiger partial charge in [-0.25, -0.2) is 13.2 Å². The van der Waals surface area contributed by atoms with Crippen molar-refractivity contribution in [1.29, 1.82) is 0 Å². The zero-order valence-corrected chi connectivity index (χ0v) is 11.2. The lowest BCUT2D eigenvalue weighted by atomic mass is 10.2. The molecule has 0 saturated carbocycles. The van der Waals surface area contributed by atoms with E-state index in [1.165, 1.54) is 12.1 Å². The maximum Gasteiger partial charge on any atom is 0.312 e. The van der Waals surface area contributed by atoms with Gasteiger partial charge in [0.25, 0.3) is 0 Å². The number of carbonyl (C=O) groups excluding carboxylic acids is 1. The summed E-state index contributed by atoms with van der Waals surface area (Å²) in [4.78, 5) is 15.3. The van der Waals surface area contributed by atoms with Crippen LogP contribution in [0.4, 0.5) is 4.79 Å². The Kier molecular flexibility index (Phi) is 3.57. The molecule has 0 aliphatic carbocycles. The Balaban J connectivity index is 2.38. The molecule has 0 spiro atoms. The number of nitrogens with one attached hydrogen (secondary N) is 1. The van der Waals surface area contributed by atoms with Gasteiger partial charge in [0.05, 0.1) is 17.5 Å². The Morgan fingerprint density at radius 3 is 2.58 bits per heavy atom. The van der Waals surface area contributed by atoms with E-state index in [-0.39, 0.29) is 11.4 Å². The Hall–Kier alpha value is -1.89. The summed E-state index contributed by atoms with van der Waals surface area (Å²) in [5.74, 6) is 0. The van der Waals surface area contributed by atoms with Crippen LogP contribution in [0.15, 0.2) is 40.2 Å². The number of nitrogens with two attached hydrogens (primary N) is 1. The van der Waals surface area contributed by atoms with Gasteiger partial charge in [0.15, 0.2) is 9.84 Å². The molecular formula is C12H15N3O3S. The van der Waals surface area contributed by atoms with Crippen molar-refractivity contribution in [3.05, 3.63) is 30.3 Å². The van der Waals surface area contributed by atoms with Gasteiger partial charge in [0.1, 0.15) is 5.25 Å². The number of hydrogen-bond acceptors (Lipinski definition) is 4. The van der Waals surface area contributed by atoms with Gasteiger partial charge >= 0.3 is 6.03 Å². The molecule has 6 nitrogen and oxygen atoms in total. The summed E-state index contributed by atoms with van der Waals surface area (Å²) < 4.78 is 25.1. The Labute approximate surface area is 111 Å². The molecule has 0 radical (unpaired) electrons. The van der Waals surface area contributed by atoms with Gasteiger partial charge in [0.2, 0.25) is 0 Å². The first-order valence-corrected chi connectivity index (χ1v) is 7.33. The van der Waals surface area contributed by atoms with Crippen LogP contribution in [-0.2, 0) is 9.84 Å². The molecule has 0 bridgehead atoms. The minimum atomic E-state index is -3.58. The number of urea groups is 1. The molecule has 7 heteroatoms. The topological polar surface area (TPSA) is 102 Å². The summed E-state index contributed by atoms with van der Waals surface area (Å²) in [6.07, 6.45) is 0.